The van der Waals surface area contributed by atoms with Gasteiger partial charge in [0.25, 0.3) is 0 Å². The van der Waals surface area contributed by atoms with Gasteiger partial charge in [0.05, 0.1) is 21.5 Å². The Kier molecular flexibility index (Phi) is 5.05. The van der Waals surface area contributed by atoms with E-state index in [0.29, 0.717) is 25.7 Å². The summed E-state index contributed by atoms with van der Waals surface area (Å²) in [5, 5.41) is 11.9. The molecule has 2 aromatic heterocycles. The van der Waals surface area contributed by atoms with Gasteiger partial charge >= 0.3 is 5.97 Å². The molecule has 1 saturated carbocycles. The van der Waals surface area contributed by atoms with Crippen molar-refractivity contribution in [2.45, 2.75) is 42.9 Å². The van der Waals surface area contributed by atoms with Crippen molar-refractivity contribution in [2.24, 2.45) is 5.92 Å². The molecular weight excluding hydrogens is 368 g/mol. The molecule has 0 spiro atoms. The molecule has 1 aliphatic carbocycles. The SMILES string of the molecule is Cc1nc(-c2ccc(S(=O)(=O)NC3CCC(C(=O)O)CC3)s2)cs1. The van der Waals surface area contributed by atoms with E-state index in [1.54, 1.807) is 12.1 Å². The zero-order chi connectivity index (χ0) is 17.3. The quantitative estimate of drug-likeness (QED) is 0.823. The first-order chi connectivity index (χ1) is 11.3. The van der Waals surface area contributed by atoms with Gasteiger partial charge in [0.1, 0.15) is 4.21 Å². The Morgan fingerprint density at radius 3 is 2.58 bits per heavy atom. The second-order valence-electron chi connectivity index (χ2n) is 5.88. The Balaban J connectivity index is 1.68. The van der Waals surface area contributed by atoms with Gasteiger partial charge in [-0.2, -0.15) is 0 Å². The maximum absolute atomic E-state index is 12.5. The third kappa shape index (κ3) is 3.85. The Morgan fingerprint density at radius 2 is 2.00 bits per heavy atom. The molecule has 0 atom stereocenters. The van der Waals surface area contributed by atoms with Crippen LogP contribution in [0.25, 0.3) is 10.6 Å². The molecule has 2 aromatic rings. The van der Waals surface area contributed by atoms with Crippen LogP contribution in [0.3, 0.4) is 0 Å². The second kappa shape index (κ2) is 6.91. The highest BCUT2D eigenvalue weighted by atomic mass is 32.2. The summed E-state index contributed by atoms with van der Waals surface area (Å²) in [6, 6.07) is 3.17. The zero-order valence-electron chi connectivity index (χ0n) is 13.1. The van der Waals surface area contributed by atoms with Crippen LogP contribution >= 0.6 is 22.7 Å². The summed E-state index contributed by atoms with van der Waals surface area (Å²) in [4.78, 5) is 16.2. The normalized spacial score (nSPS) is 21.7. The summed E-state index contributed by atoms with van der Waals surface area (Å²) in [5.74, 6) is -1.15. The van der Waals surface area contributed by atoms with Gasteiger partial charge in [-0.25, -0.2) is 18.1 Å². The highest BCUT2D eigenvalue weighted by molar-refractivity contribution is 7.91. The van der Waals surface area contributed by atoms with Gasteiger partial charge < -0.3 is 5.11 Å². The summed E-state index contributed by atoms with van der Waals surface area (Å²) in [6.07, 6.45) is 2.13. The molecule has 2 N–H and O–H groups in total. The molecule has 0 aromatic carbocycles. The number of carboxylic acid groups (broad SMARTS) is 1. The van der Waals surface area contributed by atoms with E-state index in [-0.39, 0.29) is 16.2 Å². The lowest BCUT2D eigenvalue weighted by atomic mass is 9.87. The number of carboxylic acids is 1. The molecule has 2 heterocycles. The summed E-state index contributed by atoms with van der Waals surface area (Å²) < 4.78 is 28.0. The van der Waals surface area contributed by atoms with Crippen LogP contribution in [0.4, 0.5) is 0 Å². The van der Waals surface area contributed by atoms with Crippen molar-refractivity contribution in [1.82, 2.24) is 9.71 Å². The monoisotopic (exact) mass is 386 g/mol. The van der Waals surface area contributed by atoms with Crippen molar-refractivity contribution in [3.63, 3.8) is 0 Å². The highest BCUT2D eigenvalue weighted by Crippen LogP contribution is 2.32. The predicted octanol–water partition coefficient (Wildman–Crippen LogP) is 3.10. The number of nitrogens with one attached hydrogen (secondary N) is 1. The van der Waals surface area contributed by atoms with Crippen LogP contribution in [0.15, 0.2) is 21.7 Å². The van der Waals surface area contributed by atoms with Crippen LogP contribution in [-0.4, -0.2) is 30.5 Å². The first-order valence-electron chi connectivity index (χ1n) is 7.62. The third-order valence-electron chi connectivity index (χ3n) is 4.12. The predicted molar refractivity (Wildman–Crippen MR) is 93.9 cm³/mol. The number of rotatable bonds is 5. The minimum Gasteiger partial charge on any atom is -0.481 e. The molecule has 0 aliphatic heterocycles. The Labute approximate surface area is 148 Å². The molecular formula is C15H18N2O4S3. The fraction of sp³-hybridized carbons (Fsp3) is 0.467. The lowest BCUT2D eigenvalue weighted by Gasteiger charge is -2.26. The van der Waals surface area contributed by atoms with E-state index in [1.165, 1.54) is 22.7 Å². The number of aliphatic carboxylic acids is 1. The van der Waals surface area contributed by atoms with Gasteiger partial charge in [-0.05, 0) is 44.7 Å². The lowest BCUT2D eigenvalue weighted by Crippen LogP contribution is -2.38. The molecule has 6 nitrogen and oxygen atoms in total. The third-order valence-corrected chi connectivity index (χ3v) is 8.01. The molecule has 1 fully saturated rings. The topological polar surface area (TPSA) is 96.4 Å². The molecule has 130 valence electrons. The Morgan fingerprint density at radius 1 is 1.29 bits per heavy atom. The van der Waals surface area contributed by atoms with Crippen LogP contribution in [0, 0.1) is 12.8 Å². The van der Waals surface area contributed by atoms with E-state index in [9.17, 15) is 13.2 Å². The molecule has 1 aliphatic rings. The van der Waals surface area contributed by atoms with Crippen LogP contribution in [0.2, 0.25) is 0 Å². The number of hydrogen-bond donors (Lipinski definition) is 2. The second-order valence-corrected chi connectivity index (χ2v) is 9.97. The van der Waals surface area contributed by atoms with E-state index < -0.39 is 16.0 Å². The van der Waals surface area contributed by atoms with Gasteiger partial charge in [-0.3, -0.25) is 4.79 Å². The summed E-state index contributed by atoms with van der Waals surface area (Å²) >= 11 is 2.73. The smallest absolute Gasteiger partial charge is 0.306 e. The van der Waals surface area contributed by atoms with Gasteiger partial charge in [0, 0.05) is 11.4 Å². The van der Waals surface area contributed by atoms with Gasteiger partial charge in [0.15, 0.2) is 0 Å². The molecule has 0 saturated heterocycles. The largest absolute Gasteiger partial charge is 0.481 e. The van der Waals surface area contributed by atoms with E-state index in [0.717, 1.165) is 15.6 Å². The Bertz CT molecular complexity index is 833. The van der Waals surface area contributed by atoms with Crippen LogP contribution in [0.1, 0.15) is 30.7 Å². The summed E-state index contributed by atoms with van der Waals surface area (Å²) in [7, 11) is -3.58. The van der Waals surface area contributed by atoms with E-state index in [1.807, 2.05) is 12.3 Å². The molecule has 9 heteroatoms. The molecule has 0 unspecified atom stereocenters. The summed E-state index contributed by atoms with van der Waals surface area (Å²) in [6.45, 7) is 1.91. The van der Waals surface area contributed by atoms with Crippen molar-refractivity contribution >= 4 is 38.7 Å². The first-order valence-corrected chi connectivity index (χ1v) is 10.8. The minimum atomic E-state index is -3.58. The number of sulfonamides is 1. The van der Waals surface area contributed by atoms with E-state index in [2.05, 4.69) is 9.71 Å². The van der Waals surface area contributed by atoms with Crippen LogP contribution in [-0.2, 0) is 14.8 Å². The number of nitrogens with zero attached hydrogens (tertiary/aromatic N) is 1. The fourth-order valence-electron chi connectivity index (χ4n) is 2.81. The number of hydrogen-bond acceptors (Lipinski definition) is 6. The lowest BCUT2D eigenvalue weighted by molar-refractivity contribution is -0.142. The number of thiazole rings is 1. The number of aromatic nitrogens is 1. The Hall–Kier alpha value is -1.29. The maximum Gasteiger partial charge on any atom is 0.306 e. The highest BCUT2D eigenvalue weighted by Gasteiger charge is 2.29. The average Bonchev–Trinajstić information content (AvgIpc) is 3.16. The molecule has 0 amide bonds. The number of carbonyl (C=O) groups is 1. The van der Waals surface area contributed by atoms with Gasteiger partial charge in [0.2, 0.25) is 10.0 Å². The van der Waals surface area contributed by atoms with E-state index in [4.69, 9.17) is 5.11 Å². The number of aryl methyl sites for hydroxylation is 1. The van der Waals surface area contributed by atoms with Crippen molar-refractivity contribution in [3.8, 4) is 10.6 Å². The molecule has 24 heavy (non-hydrogen) atoms. The molecule has 0 bridgehead atoms. The average molecular weight is 387 g/mol. The first kappa shape index (κ1) is 17.5. The van der Waals surface area contributed by atoms with Crippen LogP contribution < -0.4 is 4.72 Å². The zero-order valence-corrected chi connectivity index (χ0v) is 15.5. The molecule has 3 rings (SSSR count). The minimum absolute atomic E-state index is 0.197. The maximum atomic E-state index is 12.5. The summed E-state index contributed by atoms with van der Waals surface area (Å²) in [5.41, 5.74) is 0.797. The standard InChI is InChI=1S/C15H18N2O4S3/c1-9-16-12(8-22-9)13-6-7-14(23-13)24(20,21)17-11-4-2-10(3-5-11)15(18)19/h6-8,10-11,17H,2-5H2,1H3,(H,18,19). The van der Waals surface area contributed by atoms with Gasteiger partial charge in [-0.15, -0.1) is 22.7 Å². The number of thiophene rings is 1. The van der Waals surface area contributed by atoms with Gasteiger partial charge in [-0.1, -0.05) is 0 Å². The van der Waals surface area contributed by atoms with Crippen molar-refractivity contribution in [3.05, 3.63) is 22.5 Å². The van der Waals surface area contributed by atoms with Crippen molar-refractivity contribution < 1.29 is 18.3 Å². The molecule has 0 radical (unpaired) electrons. The fourth-order valence-corrected chi connectivity index (χ4v) is 6.09. The van der Waals surface area contributed by atoms with Crippen molar-refractivity contribution in [2.75, 3.05) is 0 Å². The van der Waals surface area contributed by atoms with Crippen LogP contribution in [0.5, 0.6) is 0 Å². The van der Waals surface area contributed by atoms with E-state index >= 15 is 0 Å². The van der Waals surface area contributed by atoms with Crippen molar-refractivity contribution in [1.29, 1.82) is 0 Å².